The molecule has 28 heavy (non-hydrogen) atoms. The van der Waals surface area contributed by atoms with Gasteiger partial charge >= 0.3 is 0 Å². The Morgan fingerprint density at radius 1 is 0.893 bits per heavy atom. The molecule has 146 valence electrons. The molecule has 2 aromatic carbocycles. The van der Waals surface area contributed by atoms with E-state index in [9.17, 15) is 9.59 Å². The molecular weight excluding hydrogens is 485 g/mol. The minimum absolute atomic E-state index is 0.123. The second-order valence-electron chi connectivity index (χ2n) is 6.74. The van der Waals surface area contributed by atoms with Crippen molar-refractivity contribution in [2.75, 3.05) is 5.32 Å². The van der Waals surface area contributed by atoms with Gasteiger partial charge in [-0.15, -0.1) is 0 Å². The Labute approximate surface area is 183 Å². The first kappa shape index (κ1) is 20.7. The van der Waals surface area contributed by atoms with Gasteiger partial charge in [-0.1, -0.05) is 43.5 Å². The smallest absolute Gasteiger partial charge is 0.258 e. The number of carbonyl (C=O) groups excluding carboxylic acids is 2. The van der Waals surface area contributed by atoms with Gasteiger partial charge < -0.3 is 10.6 Å². The van der Waals surface area contributed by atoms with Crippen LogP contribution in [-0.2, 0) is 0 Å². The van der Waals surface area contributed by atoms with Crippen LogP contribution in [0.1, 0.15) is 52.8 Å². The summed E-state index contributed by atoms with van der Waals surface area (Å²) in [7, 11) is 0. The summed E-state index contributed by atoms with van der Waals surface area (Å²) in [5.74, 6) is -0.409. The van der Waals surface area contributed by atoms with Gasteiger partial charge in [-0.05, 0) is 71.9 Å². The molecule has 0 bridgehead atoms. The van der Waals surface area contributed by atoms with E-state index in [1.165, 1.54) is 6.42 Å². The van der Waals surface area contributed by atoms with Gasteiger partial charge in [0.05, 0.1) is 16.8 Å². The van der Waals surface area contributed by atoms with Gasteiger partial charge in [-0.2, -0.15) is 0 Å². The number of para-hydroxylation sites is 1. The largest absolute Gasteiger partial charge is 0.349 e. The number of benzene rings is 2. The van der Waals surface area contributed by atoms with Gasteiger partial charge in [0.25, 0.3) is 11.8 Å². The maximum Gasteiger partial charge on any atom is 0.258 e. The van der Waals surface area contributed by atoms with Gasteiger partial charge in [0.1, 0.15) is 0 Å². The van der Waals surface area contributed by atoms with Crippen LogP contribution in [0.4, 0.5) is 5.69 Å². The zero-order valence-corrected chi connectivity index (χ0v) is 18.3. The van der Waals surface area contributed by atoms with Gasteiger partial charge in [0, 0.05) is 9.61 Å². The third kappa shape index (κ3) is 5.51. The highest BCUT2D eigenvalue weighted by Gasteiger charge is 2.19. The van der Waals surface area contributed by atoms with Crippen molar-refractivity contribution in [2.24, 2.45) is 0 Å². The molecule has 1 aliphatic carbocycles. The lowest BCUT2D eigenvalue weighted by atomic mass is 9.95. The zero-order chi connectivity index (χ0) is 19.9. The molecule has 0 saturated heterocycles. The Bertz CT molecular complexity index is 881. The van der Waals surface area contributed by atoms with Crippen LogP contribution in [0, 0.1) is 3.57 Å². The highest BCUT2D eigenvalue weighted by molar-refractivity contribution is 14.1. The molecule has 5 nitrogen and oxygen atoms in total. The molecule has 0 aliphatic heterocycles. The van der Waals surface area contributed by atoms with E-state index in [1.54, 1.807) is 24.3 Å². The van der Waals surface area contributed by atoms with Crippen LogP contribution < -0.4 is 16.0 Å². The molecule has 1 aliphatic rings. The summed E-state index contributed by atoms with van der Waals surface area (Å²) in [5.41, 5.74) is 1.64. The van der Waals surface area contributed by atoms with Crippen molar-refractivity contribution in [3.63, 3.8) is 0 Å². The molecule has 0 radical (unpaired) electrons. The first-order valence-corrected chi connectivity index (χ1v) is 10.8. The normalized spacial score (nSPS) is 14.2. The van der Waals surface area contributed by atoms with Crippen molar-refractivity contribution >= 4 is 57.4 Å². The standard InChI is InChI=1S/C21H22IN3O2S/c22-17-12-6-4-10-15(17)19(26)25-21(28)24-18-13-7-5-11-16(18)20(27)23-14-8-2-1-3-9-14/h4-7,10-14H,1-3,8-9H2,(H,23,27)(H2,24,25,26,28). The summed E-state index contributed by atoms with van der Waals surface area (Å²) in [6.45, 7) is 0. The third-order valence-corrected chi connectivity index (χ3v) is 5.85. The summed E-state index contributed by atoms with van der Waals surface area (Å²) < 4.78 is 0.840. The number of thiocarbonyl (C=S) groups is 1. The van der Waals surface area contributed by atoms with Gasteiger partial charge in [0.2, 0.25) is 0 Å². The summed E-state index contributed by atoms with van der Waals surface area (Å²) in [6.07, 6.45) is 5.58. The fourth-order valence-electron chi connectivity index (χ4n) is 3.27. The molecule has 3 rings (SSSR count). The highest BCUT2D eigenvalue weighted by atomic mass is 127. The first-order chi connectivity index (χ1) is 13.5. The second kappa shape index (κ2) is 9.97. The van der Waals surface area contributed by atoms with Crippen LogP contribution in [0.15, 0.2) is 48.5 Å². The lowest BCUT2D eigenvalue weighted by Gasteiger charge is -2.23. The first-order valence-electron chi connectivity index (χ1n) is 9.31. The fraction of sp³-hybridized carbons (Fsp3) is 0.286. The zero-order valence-electron chi connectivity index (χ0n) is 15.3. The minimum atomic E-state index is -0.286. The van der Waals surface area contributed by atoms with Gasteiger partial charge in [0.15, 0.2) is 5.11 Å². The third-order valence-electron chi connectivity index (χ3n) is 4.71. The second-order valence-corrected chi connectivity index (χ2v) is 8.31. The van der Waals surface area contributed by atoms with Crippen molar-refractivity contribution in [1.82, 2.24) is 10.6 Å². The predicted octanol–water partition coefficient (Wildman–Crippen LogP) is 4.48. The Morgan fingerprint density at radius 2 is 1.54 bits per heavy atom. The number of nitrogens with one attached hydrogen (secondary N) is 3. The van der Waals surface area contributed by atoms with Gasteiger partial charge in [-0.3, -0.25) is 14.9 Å². The Kier molecular flexibility index (Phi) is 7.38. The van der Waals surface area contributed by atoms with Crippen molar-refractivity contribution in [2.45, 2.75) is 38.1 Å². The van der Waals surface area contributed by atoms with Crippen molar-refractivity contribution in [1.29, 1.82) is 0 Å². The lowest BCUT2D eigenvalue weighted by molar-refractivity contribution is 0.0927. The molecule has 0 spiro atoms. The molecule has 0 heterocycles. The van der Waals surface area contributed by atoms with Crippen LogP contribution in [0.25, 0.3) is 0 Å². The quantitative estimate of drug-likeness (QED) is 0.422. The van der Waals surface area contributed by atoms with Crippen LogP contribution >= 0.6 is 34.8 Å². The molecule has 0 aromatic heterocycles. The van der Waals surface area contributed by atoms with Crippen LogP contribution in [0.2, 0.25) is 0 Å². The Hall–Kier alpha value is -2.00. The molecule has 0 unspecified atom stereocenters. The number of carbonyl (C=O) groups is 2. The topological polar surface area (TPSA) is 70.2 Å². The number of hydrogen-bond acceptors (Lipinski definition) is 3. The maximum atomic E-state index is 12.7. The molecule has 1 saturated carbocycles. The SMILES string of the molecule is O=C(NC(=S)Nc1ccccc1C(=O)NC1CCCCC1)c1ccccc1I. The highest BCUT2D eigenvalue weighted by Crippen LogP contribution is 2.20. The van der Waals surface area contributed by atoms with Crippen LogP contribution in [-0.4, -0.2) is 23.0 Å². The predicted molar refractivity (Wildman–Crippen MR) is 124 cm³/mol. The molecule has 1 fully saturated rings. The number of rotatable bonds is 4. The maximum absolute atomic E-state index is 12.7. The molecular formula is C21H22IN3O2S. The van der Waals surface area contributed by atoms with E-state index >= 15 is 0 Å². The number of hydrogen-bond donors (Lipinski definition) is 3. The van der Waals surface area contributed by atoms with E-state index in [4.69, 9.17) is 12.2 Å². The van der Waals surface area contributed by atoms with E-state index in [0.717, 1.165) is 29.3 Å². The average molecular weight is 507 g/mol. The molecule has 2 amide bonds. The summed E-state index contributed by atoms with van der Waals surface area (Å²) in [6, 6.07) is 14.7. The molecule has 7 heteroatoms. The van der Waals surface area contributed by atoms with E-state index in [-0.39, 0.29) is 23.0 Å². The average Bonchev–Trinajstić information content (AvgIpc) is 2.69. The molecule has 2 aromatic rings. The summed E-state index contributed by atoms with van der Waals surface area (Å²) >= 11 is 7.39. The van der Waals surface area contributed by atoms with Crippen LogP contribution in [0.5, 0.6) is 0 Å². The monoisotopic (exact) mass is 507 g/mol. The van der Waals surface area contributed by atoms with E-state index in [1.807, 2.05) is 24.3 Å². The van der Waals surface area contributed by atoms with E-state index in [0.29, 0.717) is 16.8 Å². The van der Waals surface area contributed by atoms with Crippen molar-refractivity contribution < 1.29 is 9.59 Å². The van der Waals surface area contributed by atoms with Crippen LogP contribution in [0.3, 0.4) is 0 Å². The number of halogens is 1. The van der Waals surface area contributed by atoms with Crippen molar-refractivity contribution in [3.05, 3.63) is 63.2 Å². The van der Waals surface area contributed by atoms with Gasteiger partial charge in [-0.25, -0.2) is 0 Å². The molecule has 3 N–H and O–H groups in total. The molecule has 0 atom stereocenters. The fourth-order valence-corrected chi connectivity index (χ4v) is 4.10. The number of anilines is 1. The Morgan fingerprint density at radius 3 is 2.25 bits per heavy atom. The van der Waals surface area contributed by atoms with Crippen molar-refractivity contribution in [3.8, 4) is 0 Å². The van der Waals surface area contributed by atoms with E-state index < -0.39 is 0 Å². The summed E-state index contributed by atoms with van der Waals surface area (Å²) in [4.78, 5) is 25.1. The Balaban J connectivity index is 1.65. The lowest BCUT2D eigenvalue weighted by Crippen LogP contribution is -2.38. The number of amides is 2. The minimum Gasteiger partial charge on any atom is -0.349 e. The summed E-state index contributed by atoms with van der Waals surface area (Å²) in [5, 5.41) is 8.93. The van der Waals surface area contributed by atoms with E-state index in [2.05, 4.69) is 38.5 Å².